The first kappa shape index (κ1) is 45.5. The predicted molar refractivity (Wildman–Crippen MR) is 210 cm³/mol. The van der Waals surface area contributed by atoms with Crippen LogP contribution in [0.15, 0.2) is 18.5 Å². The molecule has 2 aliphatic carbocycles. The number of carbonyl (C=O) groups is 9. The molecule has 1 aromatic rings. The van der Waals surface area contributed by atoms with Gasteiger partial charge in [-0.2, -0.15) is 0 Å². The number of nitrogens with one attached hydrogen (secondary N) is 5. The van der Waals surface area contributed by atoms with E-state index in [1.54, 1.807) is 20.8 Å². The Morgan fingerprint density at radius 2 is 1.47 bits per heavy atom. The molecule has 2 unspecified atom stereocenters. The van der Waals surface area contributed by atoms with Gasteiger partial charge in [-0.15, -0.1) is 0 Å². The molecule has 2 heterocycles. The smallest absolute Gasteiger partial charge is 0.338 e. The number of aromatic carboxylic acids is 1. The number of Topliss-reactive ketones (excluding diaryl/α,β-unsaturated/α-hetero) is 2. The van der Waals surface area contributed by atoms with Crippen molar-refractivity contribution in [3.8, 4) is 0 Å². The number of amides is 6. The van der Waals surface area contributed by atoms with Crippen LogP contribution < -0.4 is 26.6 Å². The second-order valence-electron chi connectivity index (χ2n) is 16.9. The average Bonchev–Trinajstić information content (AvgIpc) is 3.61. The molecule has 0 aromatic carbocycles. The van der Waals surface area contributed by atoms with E-state index in [0.717, 1.165) is 75.0 Å². The van der Waals surface area contributed by atoms with Gasteiger partial charge >= 0.3 is 5.97 Å². The van der Waals surface area contributed by atoms with Crippen LogP contribution in [-0.4, -0.2) is 112 Å². The molecule has 2 saturated carbocycles. The van der Waals surface area contributed by atoms with Gasteiger partial charge in [0.2, 0.25) is 29.4 Å². The first-order chi connectivity index (χ1) is 27.4. The van der Waals surface area contributed by atoms with Gasteiger partial charge < -0.3 is 36.6 Å². The Hall–Kier alpha value is -5.22. The zero-order chi connectivity index (χ0) is 42.7. The second kappa shape index (κ2) is 20.5. The predicted octanol–water partition coefficient (Wildman–Crippen LogP) is 1.82. The number of carbonyl (C=O) groups excluding carboxylic acids is 8. The Labute approximate surface area is 339 Å². The van der Waals surface area contributed by atoms with E-state index in [4.69, 9.17) is 0 Å². The van der Waals surface area contributed by atoms with Gasteiger partial charge in [-0.1, -0.05) is 59.3 Å². The van der Waals surface area contributed by atoms with E-state index < -0.39 is 95.8 Å². The fourth-order valence-electron chi connectivity index (χ4n) is 8.19. The van der Waals surface area contributed by atoms with E-state index in [1.807, 2.05) is 6.92 Å². The lowest BCUT2D eigenvalue weighted by Gasteiger charge is -2.37. The van der Waals surface area contributed by atoms with Crippen molar-refractivity contribution in [1.29, 1.82) is 0 Å². The quantitative estimate of drug-likeness (QED) is 0.132. The molecule has 58 heavy (non-hydrogen) atoms. The second-order valence-corrected chi connectivity index (χ2v) is 16.9. The number of pyridine rings is 1. The number of likely N-dealkylation sites (N-methyl/N-ethyl adjacent to an activating group) is 1. The Balaban J connectivity index is 1.56. The highest BCUT2D eigenvalue weighted by Crippen LogP contribution is 2.30. The summed E-state index contributed by atoms with van der Waals surface area (Å²) in [6, 6.07) is -4.00. The molecule has 318 valence electrons. The summed E-state index contributed by atoms with van der Waals surface area (Å²) in [6.07, 6.45) is 10.7. The van der Waals surface area contributed by atoms with Crippen LogP contribution in [0.4, 0.5) is 0 Å². The van der Waals surface area contributed by atoms with E-state index >= 15 is 0 Å². The number of rotatable bonds is 16. The number of carboxylic acid groups (broad SMARTS) is 1. The maximum absolute atomic E-state index is 14.4. The topological polar surface area (TPSA) is 250 Å². The molecule has 6 N–H and O–H groups in total. The molecule has 6 amide bonds. The SMILES string of the molecule is CNC(=O)C(=O)CC[C@H](NC(=O)c1ccncc1C(=O)O)C(=O)N[C@H](C(=O)N1CC(=O)CC1C(=O)N[C@H](C(=O)NC(C)C1CCCCC1)C1CCCCC1)C(C)(C)C. The molecular weight excluding hydrogens is 750 g/mol. The highest BCUT2D eigenvalue weighted by atomic mass is 16.4. The van der Waals surface area contributed by atoms with Gasteiger partial charge in [0, 0.05) is 38.3 Å². The first-order valence-electron chi connectivity index (χ1n) is 20.4. The minimum Gasteiger partial charge on any atom is -0.478 e. The molecule has 5 atom stereocenters. The first-order valence-corrected chi connectivity index (χ1v) is 20.4. The Morgan fingerprint density at radius 3 is 2.05 bits per heavy atom. The van der Waals surface area contributed by atoms with Crippen LogP contribution in [0.2, 0.25) is 0 Å². The third-order valence-electron chi connectivity index (χ3n) is 11.6. The summed E-state index contributed by atoms with van der Waals surface area (Å²) in [5.41, 5.74) is -1.81. The summed E-state index contributed by atoms with van der Waals surface area (Å²) in [5, 5.41) is 23.0. The molecule has 17 nitrogen and oxygen atoms in total. The van der Waals surface area contributed by atoms with Crippen LogP contribution in [0.5, 0.6) is 0 Å². The van der Waals surface area contributed by atoms with Crippen LogP contribution in [-0.2, 0) is 33.6 Å². The molecule has 3 aliphatic rings. The van der Waals surface area contributed by atoms with Crippen molar-refractivity contribution < 1.29 is 48.3 Å². The van der Waals surface area contributed by atoms with Crippen molar-refractivity contribution in [2.45, 2.75) is 141 Å². The Morgan fingerprint density at radius 1 is 0.845 bits per heavy atom. The van der Waals surface area contributed by atoms with Crippen LogP contribution in [0.1, 0.15) is 132 Å². The number of carboxylic acids is 1. The van der Waals surface area contributed by atoms with Crippen LogP contribution in [0.25, 0.3) is 0 Å². The maximum Gasteiger partial charge on any atom is 0.338 e. The molecule has 17 heteroatoms. The normalized spacial score (nSPS) is 19.8. The average molecular weight is 810 g/mol. The number of ketones is 2. The van der Waals surface area contributed by atoms with Gasteiger partial charge in [-0.05, 0) is 62.3 Å². The molecule has 1 aromatic heterocycles. The highest BCUT2D eigenvalue weighted by Gasteiger charge is 2.46. The Kier molecular flexibility index (Phi) is 16.0. The fraction of sp³-hybridized carbons (Fsp3) is 0.659. The summed E-state index contributed by atoms with van der Waals surface area (Å²) in [7, 11) is 1.25. The van der Waals surface area contributed by atoms with Gasteiger partial charge in [-0.25, -0.2) is 4.79 Å². The summed E-state index contributed by atoms with van der Waals surface area (Å²) in [6.45, 7) is 6.53. The van der Waals surface area contributed by atoms with Crippen molar-refractivity contribution in [1.82, 2.24) is 36.5 Å². The molecule has 1 aliphatic heterocycles. The zero-order valence-corrected chi connectivity index (χ0v) is 34.2. The summed E-state index contributed by atoms with van der Waals surface area (Å²) >= 11 is 0. The van der Waals surface area contributed by atoms with Gasteiger partial charge in [0.05, 0.1) is 17.7 Å². The summed E-state index contributed by atoms with van der Waals surface area (Å²) in [4.78, 5) is 124. The molecule has 0 bridgehead atoms. The molecule has 0 radical (unpaired) electrons. The molecule has 4 rings (SSSR count). The van der Waals surface area contributed by atoms with Crippen LogP contribution in [0.3, 0.4) is 0 Å². The van der Waals surface area contributed by atoms with Crippen LogP contribution >= 0.6 is 0 Å². The van der Waals surface area contributed by atoms with Crippen molar-refractivity contribution in [3.05, 3.63) is 29.6 Å². The fourth-order valence-corrected chi connectivity index (χ4v) is 8.19. The summed E-state index contributed by atoms with van der Waals surface area (Å²) in [5.74, 6) is -7.07. The van der Waals surface area contributed by atoms with Crippen LogP contribution in [0, 0.1) is 17.3 Å². The van der Waals surface area contributed by atoms with Gasteiger partial charge in [0.25, 0.3) is 11.8 Å². The van der Waals surface area contributed by atoms with E-state index in [2.05, 4.69) is 31.6 Å². The minimum atomic E-state index is -1.54. The van der Waals surface area contributed by atoms with Crippen molar-refractivity contribution in [2.24, 2.45) is 17.3 Å². The van der Waals surface area contributed by atoms with E-state index in [1.165, 1.54) is 19.7 Å². The van der Waals surface area contributed by atoms with E-state index in [0.29, 0.717) is 5.92 Å². The third-order valence-corrected chi connectivity index (χ3v) is 11.6. The number of hydrogen-bond donors (Lipinski definition) is 6. The number of aromatic nitrogens is 1. The maximum atomic E-state index is 14.4. The summed E-state index contributed by atoms with van der Waals surface area (Å²) < 4.78 is 0. The van der Waals surface area contributed by atoms with Crippen molar-refractivity contribution >= 4 is 53.0 Å². The lowest BCUT2D eigenvalue weighted by atomic mass is 9.82. The lowest BCUT2D eigenvalue weighted by molar-refractivity contribution is -0.145. The van der Waals surface area contributed by atoms with E-state index in [-0.39, 0.29) is 35.6 Å². The third kappa shape index (κ3) is 11.9. The zero-order valence-electron chi connectivity index (χ0n) is 34.2. The molecule has 0 spiro atoms. The lowest BCUT2D eigenvalue weighted by Crippen LogP contribution is -2.61. The van der Waals surface area contributed by atoms with E-state index in [9.17, 15) is 48.3 Å². The number of nitrogens with zero attached hydrogens (tertiary/aromatic N) is 2. The monoisotopic (exact) mass is 809 g/mol. The molecule has 3 fully saturated rings. The highest BCUT2D eigenvalue weighted by molar-refractivity contribution is 6.36. The minimum absolute atomic E-state index is 0.0856. The van der Waals surface area contributed by atoms with Gasteiger partial charge in [-0.3, -0.25) is 43.3 Å². The number of likely N-dealkylation sites (tertiary alicyclic amines) is 1. The van der Waals surface area contributed by atoms with Gasteiger partial charge in [0.15, 0.2) is 5.78 Å². The molecular formula is C41H59N7O10. The molecule has 1 saturated heterocycles. The standard InChI is InChI=1S/C41H59N7O10/c1-23(24-12-8-6-9-13-24)44-38(55)32(25-14-10-7-11-15-25)46-36(53)30-20-26(49)22-48(30)39(56)33(41(2,3)4)47-35(52)29(16-17-31(50)37(54)42-5)45-34(51)27-18-19-43-21-28(27)40(57)58/h18-19,21,23-25,29-30,32-33H,6-17,20,22H2,1-5H3,(H,42,54)(H,44,55)(H,45,51)(H,46,53)(H,47,52)(H,57,58)/t23?,29-,30?,32-,33+/m0/s1. The van der Waals surface area contributed by atoms with Crippen molar-refractivity contribution in [2.75, 3.05) is 13.6 Å². The number of hydrogen-bond acceptors (Lipinski definition) is 10. The van der Waals surface area contributed by atoms with Gasteiger partial charge in [0.1, 0.15) is 24.2 Å². The Bertz CT molecular complexity index is 1730. The van der Waals surface area contributed by atoms with Crippen molar-refractivity contribution in [3.63, 3.8) is 0 Å². The largest absolute Gasteiger partial charge is 0.478 e.